The molecule has 1 fully saturated rings. The molecule has 0 saturated carbocycles. The third kappa shape index (κ3) is 3.14. The van der Waals surface area contributed by atoms with E-state index < -0.39 is 5.41 Å². The number of carbonyl (C=O) groups excluding carboxylic acids is 1. The van der Waals surface area contributed by atoms with Crippen LogP contribution in [-0.2, 0) is 14.3 Å². The molecule has 2 N–H and O–H groups in total. The number of amides is 1. The number of ether oxygens (including phenoxy) is 2. The summed E-state index contributed by atoms with van der Waals surface area (Å²) < 4.78 is 10.2. The molecule has 1 amide bonds. The molecule has 0 spiro atoms. The highest BCUT2D eigenvalue weighted by Gasteiger charge is 2.44. The van der Waals surface area contributed by atoms with Crippen LogP contribution in [0.15, 0.2) is 0 Å². The highest BCUT2D eigenvalue weighted by Crippen LogP contribution is 2.32. The number of nitrogens with two attached hydrogens (primary N) is 1. The Kier molecular flexibility index (Phi) is 5.30. The van der Waals surface area contributed by atoms with Crippen molar-refractivity contribution in [1.82, 2.24) is 4.90 Å². The van der Waals surface area contributed by atoms with Gasteiger partial charge in [0.1, 0.15) is 5.41 Å². The molecule has 0 bridgehead atoms. The van der Waals surface area contributed by atoms with E-state index in [-0.39, 0.29) is 10.9 Å². The first-order chi connectivity index (χ1) is 8.04. The summed E-state index contributed by atoms with van der Waals surface area (Å²) in [6, 6.07) is 0. The molecule has 0 aliphatic carbocycles. The first kappa shape index (κ1) is 14.3. The van der Waals surface area contributed by atoms with Gasteiger partial charge in [-0.3, -0.25) is 4.79 Å². The van der Waals surface area contributed by atoms with E-state index in [4.69, 9.17) is 27.4 Å². The number of carbonyl (C=O) groups is 1. The molecule has 1 saturated heterocycles. The van der Waals surface area contributed by atoms with Gasteiger partial charge in [-0.2, -0.15) is 0 Å². The zero-order valence-electron chi connectivity index (χ0n) is 10.4. The van der Waals surface area contributed by atoms with Crippen LogP contribution in [0.5, 0.6) is 0 Å². The topological polar surface area (TPSA) is 64.8 Å². The third-order valence-electron chi connectivity index (χ3n) is 3.20. The second-order valence-electron chi connectivity index (χ2n) is 4.28. The zero-order valence-corrected chi connectivity index (χ0v) is 11.2. The van der Waals surface area contributed by atoms with Crippen LogP contribution in [-0.4, -0.2) is 56.3 Å². The molecule has 0 radical (unpaired) electrons. The molecule has 1 heterocycles. The highest BCUT2D eigenvalue weighted by atomic mass is 32.1. The second kappa shape index (κ2) is 6.28. The van der Waals surface area contributed by atoms with Crippen molar-refractivity contribution in [2.24, 2.45) is 11.1 Å². The lowest BCUT2D eigenvalue weighted by Gasteiger charge is -2.37. The van der Waals surface area contributed by atoms with Gasteiger partial charge in [-0.25, -0.2) is 0 Å². The highest BCUT2D eigenvalue weighted by molar-refractivity contribution is 7.80. The van der Waals surface area contributed by atoms with Gasteiger partial charge in [0.25, 0.3) is 0 Å². The fourth-order valence-corrected chi connectivity index (χ4v) is 2.27. The molecule has 1 aliphatic heterocycles. The van der Waals surface area contributed by atoms with Gasteiger partial charge in [0.15, 0.2) is 0 Å². The minimum Gasteiger partial charge on any atom is -0.392 e. The number of hydrogen-bond donors (Lipinski definition) is 1. The van der Waals surface area contributed by atoms with Gasteiger partial charge in [0.05, 0.1) is 11.6 Å². The molecular weight excluding hydrogens is 240 g/mol. The molecule has 0 unspecified atom stereocenters. The molecule has 0 atom stereocenters. The normalized spacial score (nSPS) is 18.7. The van der Waals surface area contributed by atoms with Crippen molar-refractivity contribution in [3.05, 3.63) is 0 Å². The molecule has 17 heavy (non-hydrogen) atoms. The van der Waals surface area contributed by atoms with Crippen molar-refractivity contribution in [2.45, 2.75) is 12.8 Å². The quantitative estimate of drug-likeness (QED) is 0.714. The minimum absolute atomic E-state index is 0.0228. The average molecular weight is 260 g/mol. The van der Waals surface area contributed by atoms with Gasteiger partial charge in [-0.15, -0.1) is 0 Å². The first-order valence-electron chi connectivity index (χ1n) is 5.67. The second-order valence-corrected chi connectivity index (χ2v) is 4.72. The van der Waals surface area contributed by atoms with Gasteiger partial charge < -0.3 is 20.1 Å². The van der Waals surface area contributed by atoms with Crippen LogP contribution in [0.25, 0.3) is 0 Å². The smallest absolute Gasteiger partial charge is 0.235 e. The van der Waals surface area contributed by atoms with E-state index in [1.54, 1.807) is 19.1 Å². The predicted octanol–water partition coefficient (Wildman–Crippen LogP) is 0.174. The Morgan fingerprint density at radius 1 is 1.53 bits per heavy atom. The number of likely N-dealkylation sites (N-methyl/N-ethyl adjacent to an activating group) is 1. The molecule has 0 aromatic heterocycles. The summed E-state index contributed by atoms with van der Waals surface area (Å²) in [4.78, 5) is 14.3. The Bertz CT molecular complexity index is 290. The minimum atomic E-state index is -0.726. The maximum absolute atomic E-state index is 12.4. The largest absolute Gasteiger partial charge is 0.392 e. The van der Waals surface area contributed by atoms with Crippen LogP contribution in [0.2, 0.25) is 0 Å². The number of thiocarbonyl (C=S) groups is 1. The molecular formula is C11H20N2O3S. The summed E-state index contributed by atoms with van der Waals surface area (Å²) in [5, 5.41) is 0. The molecule has 1 aliphatic rings. The van der Waals surface area contributed by atoms with Gasteiger partial charge in [0.2, 0.25) is 5.91 Å². The molecule has 0 aromatic rings. The first-order valence-corrected chi connectivity index (χ1v) is 6.07. The van der Waals surface area contributed by atoms with Crippen LogP contribution in [0.3, 0.4) is 0 Å². The lowest BCUT2D eigenvalue weighted by molar-refractivity contribution is -0.141. The number of rotatable bonds is 5. The Balaban J connectivity index is 2.76. The summed E-state index contributed by atoms with van der Waals surface area (Å²) in [5.41, 5.74) is 5.04. The van der Waals surface area contributed by atoms with E-state index in [0.717, 1.165) is 0 Å². The van der Waals surface area contributed by atoms with E-state index in [1.165, 1.54) is 0 Å². The lowest BCUT2D eigenvalue weighted by Crippen LogP contribution is -2.52. The van der Waals surface area contributed by atoms with Crippen LogP contribution in [0.4, 0.5) is 0 Å². The SMILES string of the molecule is COCCN(C)C(=O)C1(C(N)=S)CCOCC1. The van der Waals surface area contributed by atoms with E-state index >= 15 is 0 Å². The van der Waals surface area contributed by atoms with E-state index in [0.29, 0.717) is 39.2 Å². The number of methoxy groups -OCH3 is 1. The third-order valence-corrected chi connectivity index (χ3v) is 3.60. The van der Waals surface area contributed by atoms with Crippen molar-refractivity contribution in [2.75, 3.05) is 40.5 Å². The van der Waals surface area contributed by atoms with Crippen molar-refractivity contribution < 1.29 is 14.3 Å². The maximum atomic E-state index is 12.4. The summed E-state index contributed by atoms with van der Waals surface area (Å²) in [6.45, 7) is 2.11. The fraction of sp³-hybridized carbons (Fsp3) is 0.818. The van der Waals surface area contributed by atoms with E-state index in [9.17, 15) is 4.79 Å². The summed E-state index contributed by atoms with van der Waals surface area (Å²) in [7, 11) is 3.35. The maximum Gasteiger partial charge on any atom is 0.235 e. The van der Waals surface area contributed by atoms with Gasteiger partial charge in [-0.1, -0.05) is 12.2 Å². The molecule has 98 valence electrons. The van der Waals surface area contributed by atoms with Gasteiger partial charge in [0, 0.05) is 33.9 Å². The summed E-state index contributed by atoms with van der Waals surface area (Å²) >= 11 is 5.08. The van der Waals surface area contributed by atoms with Crippen molar-refractivity contribution in [3.8, 4) is 0 Å². The molecule has 6 heteroatoms. The fourth-order valence-electron chi connectivity index (χ4n) is 1.98. The van der Waals surface area contributed by atoms with Crippen LogP contribution >= 0.6 is 12.2 Å². The average Bonchev–Trinajstić information content (AvgIpc) is 2.35. The zero-order chi connectivity index (χ0) is 12.9. The Morgan fingerprint density at radius 3 is 2.59 bits per heavy atom. The van der Waals surface area contributed by atoms with Crippen LogP contribution in [0, 0.1) is 5.41 Å². The standard InChI is InChI=1S/C11H20N2O3S/c1-13(5-8-15-2)10(14)11(9(12)17)3-6-16-7-4-11/h3-8H2,1-2H3,(H2,12,17). The Hall–Kier alpha value is -0.720. The monoisotopic (exact) mass is 260 g/mol. The Morgan fingerprint density at radius 2 is 2.12 bits per heavy atom. The summed E-state index contributed by atoms with van der Waals surface area (Å²) in [5.74, 6) is -0.0228. The predicted molar refractivity (Wildman–Crippen MR) is 68.8 cm³/mol. The molecule has 5 nitrogen and oxygen atoms in total. The van der Waals surface area contributed by atoms with Crippen molar-refractivity contribution in [1.29, 1.82) is 0 Å². The van der Waals surface area contributed by atoms with E-state index in [2.05, 4.69) is 0 Å². The number of hydrogen-bond acceptors (Lipinski definition) is 4. The number of nitrogens with zero attached hydrogens (tertiary/aromatic N) is 1. The lowest BCUT2D eigenvalue weighted by atomic mass is 9.78. The Labute approximate surface area is 107 Å². The van der Waals surface area contributed by atoms with E-state index in [1.807, 2.05) is 0 Å². The van der Waals surface area contributed by atoms with Crippen molar-refractivity contribution >= 4 is 23.1 Å². The molecule has 1 rings (SSSR count). The van der Waals surface area contributed by atoms with Gasteiger partial charge in [-0.05, 0) is 12.8 Å². The summed E-state index contributed by atoms with van der Waals surface area (Å²) in [6.07, 6.45) is 1.14. The van der Waals surface area contributed by atoms with Crippen LogP contribution in [0.1, 0.15) is 12.8 Å². The van der Waals surface area contributed by atoms with Gasteiger partial charge >= 0.3 is 0 Å². The molecule has 0 aromatic carbocycles. The van der Waals surface area contributed by atoms with Crippen LogP contribution < -0.4 is 5.73 Å². The van der Waals surface area contributed by atoms with Crippen molar-refractivity contribution in [3.63, 3.8) is 0 Å².